The van der Waals surface area contributed by atoms with E-state index < -0.39 is 23.8 Å². The molecule has 2 aliphatic rings. The van der Waals surface area contributed by atoms with Gasteiger partial charge in [0.2, 0.25) is 5.91 Å². The molecule has 1 saturated heterocycles. The average molecular weight is 542 g/mol. The number of nitrogens with one attached hydrogen (secondary N) is 2. The minimum atomic E-state index is -0.948. The van der Waals surface area contributed by atoms with Gasteiger partial charge in [-0.1, -0.05) is 64.3 Å². The Bertz CT molecular complexity index is 1110. The van der Waals surface area contributed by atoms with Gasteiger partial charge < -0.3 is 15.7 Å². The zero-order valence-electron chi connectivity index (χ0n) is 23.9. The number of hydrogen-bond acceptors (Lipinski definition) is 4. The Morgan fingerprint density at radius 3 is 2.38 bits per heavy atom. The van der Waals surface area contributed by atoms with Crippen LogP contribution in [0.15, 0.2) is 42.5 Å². The van der Waals surface area contributed by atoms with E-state index >= 15 is 0 Å². The Labute approximate surface area is 232 Å². The highest BCUT2D eigenvalue weighted by Crippen LogP contribution is 2.38. The van der Waals surface area contributed by atoms with Crippen LogP contribution in [0.3, 0.4) is 0 Å². The second kappa shape index (κ2) is 12.4. The molecule has 3 N–H and O–H groups in total. The number of likely N-dealkylation sites (tertiary alicyclic amines) is 1. The lowest BCUT2D eigenvalue weighted by Gasteiger charge is -2.41. The minimum absolute atomic E-state index is 0.0222. The number of carbonyl (C=O) groups is 1. The van der Waals surface area contributed by atoms with Crippen molar-refractivity contribution in [3.05, 3.63) is 70.8 Å². The molecule has 3 atom stereocenters. The normalized spacial score (nSPS) is 21.5. The maximum absolute atomic E-state index is 14.0. The highest BCUT2D eigenvalue weighted by molar-refractivity contribution is 5.82. The number of halogens is 2. The summed E-state index contributed by atoms with van der Waals surface area (Å²) in [7, 11) is 1.92. The summed E-state index contributed by atoms with van der Waals surface area (Å²) < 4.78 is 28.0. The molecule has 1 aliphatic heterocycles. The number of hydrogen-bond donors (Lipinski definition) is 3. The second-order valence-corrected chi connectivity index (χ2v) is 12.7. The van der Waals surface area contributed by atoms with E-state index in [4.69, 9.17) is 0 Å². The van der Waals surface area contributed by atoms with E-state index in [2.05, 4.69) is 55.7 Å². The van der Waals surface area contributed by atoms with Gasteiger partial charge in [-0.3, -0.25) is 9.69 Å². The third-order valence-electron chi connectivity index (χ3n) is 8.63. The molecular formula is C32H45F2N3O2. The molecule has 2 aromatic carbocycles. The number of benzene rings is 2. The molecule has 2 aromatic rings. The topological polar surface area (TPSA) is 64.6 Å². The predicted octanol–water partition coefficient (Wildman–Crippen LogP) is 5.19. The first-order valence-corrected chi connectivity index (χ1v) is 14.5. The van der Waals surface area contributed by atoms with Gasteiger partial charge >= 0.3 is 0 Å². The summed E-state index contributed by atoms with van der Waals surface area (Å²) in [6.07, 6.45) is 6.18. The Hall–Kier alpha value is -2.35. The van der Waals surface area contributed by atoms with Crippen LogP contribution < -0.4 is 10.6 Å². The molecule has 1 saturated carbocycles. The highest BCUT2D eigenvalue weighted by atomic mass is 19.1. The lowest BCUT2D eigenvalue weighted by Crippen LogP contribution is -2.55. The fraction of sp³-hybridized carbons (Fsp3) is 0.594. The monoisotopic (exact) mass is 541 g/mol. The van der Waals surface area contributed by atoms with Crippen LogP contribution in [0, 0.1) is 11.6 Å². The average Bonchev–Trinajstić information content (AvgIpc) is 3.32. The first kappa shape index (κ1) is 29.6. The summed E-state index contributed by atoms with van der Waals surface area (Å²) in [4.78, 5) is 15.2. The molecule has 1 aliphatic carbocycles. The van der Waals surface area contributed by atoms with Gasteiger partial charge in [0.05, 0.1) is 18.2 Å². The van der Waals surface area contributed by atoms with E-state index in [1.54, 1.807) is 0 Å². The molecule has 7 heteroatoms. The van der Waals surface area contributed by atoms with Gasteiger partial charge in [0.15, 0.2) is 0 Å². The molecule has 1 heterocycles. The number of rotatable bonds is 9. The van der Waals surface area contributed by atoms with Gasteiger partial charge in [-0.2, -0.15) is 0 Å². The third-order valence-corrected chi connectivity index (χ3v) is 8.63. The number of aliphatic hydroxyl groups excluding tert-OH is 1. The highest BCUT2D eigenvalue weighted by Gasteiger charge is 2.36. The molecule has 1 amide bonds. The lowest BCUT2D eigenvalue weighted by atomic mass is 9.74. The van der Waals surface area contributed by atoms with Gasteiger partial charge in [0.25, 0.3) is 0 Å². The standard InChI is InChI=1S/C32H45F2N3O2/c1-31(2,3)23-10-8-11-24(19-23)32(13-6-5-7-14-32)35-21-29(38)27(18-22-16-25(33)20-26(34)17-22)36-30(39)28-12-9-15-37(28)4/h8,10-11,16-17,19-20,27-29,35,38H,5-7,9,12-15,18,21H2,1-4H3,(H,36,39). The fourth-order valence-electron chi connectivity index (χ4n) is 6.23. The number of nitrogens with zero attached hydrogens (tertiary/aromatic N) is 1. The van der Waals surface area contributed by atoms with Gasteiger partial charge in [0.1, 0.15) is 11.6 Å². The van der Waals surface area contributed by atoms with E-state index in [1.165, 1.54) is 29.7 Å². The van der Waals surface area contributed by atoms with Gasteiger partial charge in [-0.05, 0) is 79.9 Å². The molecule has 0 spiro atoms. The van der Waals surface area contributed by atoms with Crippen LogP contribution in [0.5, 0.6) is 0 Å². The van der Waals surface area contributed by atoms with Crippen LogP contribution in [0.4, 0.5) is 8.78 Å². The summed E-state index contributed by atoms with van der Waals surface area (Å²) in [6, 6.07) is 11.2. The summed E-state index contributed by atoms with van der Waals surface area (Å²) in [5, 5.41) is 18.2. The van der Waals surface area contributed by atoms with Crippen molar-refractivity contribution in [3.8, 4) is 0 Å². The summed E-state index contributed by atoms with van der Waals surface area (Å²) in [5.41, 5.74) is 2.65. The molecular weight excluding hydrogens is 496 g/mol. The molecule has 2 fully saturated rings. The number of amides is 1. The van der Waals surface area contributed by atoms with Crippen molar-refractivity contribution in [2.45, 2.75) is 101 Å². The first-order valence-electron chi connectivity index (χ1n) is 14.5. The van der Waals surface area contributed by atoms with Crippen molar-refractivity contribution in [2.24, 2.45) is 0 Å². The van der Waals surface area contributed by atoms with Crippen molar-refractivity contribution in [3.63, 3.8) is 0 Å². The Morgan fingerprint density at radius 1 is 1.08 bits per heavy atom. The minimum Gasteiger partial charge on any atom is -0.390 e. The van der Waals surface area contributed by atoms with Gasteiger partial charge in [0, 0.05) is 18.2 Å². The molecule has 39 heavy (non-hydrogen) atoms. The quantitative estimate of drug-likeness (QED) is 0.409. The Kier molecular flexibility index (Phi) is 9.45. The van der Waals surface area contributed by atoms with Crippen molar-refractivity contribution < 1.29 is 18.7 Å². The largest absolute Gasteiger partial charge is 0.390 e. The van der Waals surface area contributed by atoms with E-state index in [0.717, 1.165) is 51.1 Å². The molecule has 3 unspecified atom stereocenters. The number of likely N-dealkylation sites (N-methyl/N-ethyl adjacent to an activating group) is 1. The van der Waals surface area contributed by atoms with E-state index in [1.807, 2.05) is 11.9 Å². The van der Waals surface area contributed by atoms with Crippen molar-refractivity contribution in [1.82, 2.24) is 15.5 Å². The maximum Gasteiger partial charge on any atom is 0.237 e. The van der Waals surface area contributed by atoms with Crippen molar-refractivity contribution in [2.75, 3.05) is 20.1 Å². The van der Waals surface area contributed by atoms with Crippen LogP contribution in [-0.4, -0.2) is 54.2 Å². The van der Waals surface area contributed by atoms with Crippen LogP contribution in [-0.2, 0) is 22.2 Å². The zero-order valence-corrected chi connectivity index (χ0v) is 23.9. The molecule has 0 aromatic heterocycles. The van der Waals surface area contributed by atoms with E-state index in [9.17, 15) is 18.7 Å². The second-order valence-electron chi connectivity index (χ2n) is 12.7. The van der Waals surface area contributed by atoms with Crippen LogP contribution >= 0.6 is 0 Å². The van der Waals surface area contributed by atoms with Gasteiger partial charge in [-0.25, -0.2) is 8.78 Å². The Morgan fingerprint density at radius 2 is 1.77 bits per heavy atom. The van der Waals surface area contributed by atoms with E-state index in [-0.39, 0.29) is 35.9 Å². The third kappa shape index (κ3) is 7.44. The predicted molar refractivity (Wildman–Crippen MR) is 152 cm³/mol. The van der Waals surface area contributed by atoms with Crippen LogP contribution in [0.25, 0.3) is 0 Å². The molecule has 0 bridgehead atoms. The van der Waals surface area contributed by atoms with Gasteiger partial charge in [-0.15, -0.1) is 0 Å². The molecule has 214 valence electrons. The summed E-state index contributed by atoms with van der Waals surface area (Å²) in [6.45, 7) is 7.73. The summed E-state index contributed by atoms with van der Waals surface area (Å²) >= 11 is 0. The van der Waals surface area contributed by atoms with Crippen LogP contribution in [0.2, 0.25) is 0 Å². The van der Waals surface area contributed by atoms with Crippen LogP contribution in [0.1, 0.15) is 82.4 Å². The lowest BCUT2D eigenvalue weighted by molar-refractivity contribution is -0.126. The SMILES string of the molecule is CN1CCCC1C(=O)NC(Cc1cc(F)cc(F)c1)C(O)CNC1(c2cccc(C(C)(C)C)c2)CCCCC1. The Balaban J connectivity index is 1.55. The zero-order chi connectivity index (χ0) is 28.2. The smallest absolute Gasteiger partial charge is 0.237 e. The number of aliphatic hydroxyl groups is 1. The van der Waals surface area contributed by atoms with Crippen molar-refractivity contribution in [1.29, 1.82) is 0 Å². The summed E-state index contributed by atoms with van der Waals surface area (Å²) in [5.74, 6) is -1.49. The fourth-order valence-corrected chi connectivity index (χ4v) is 6.23. The van der Waals surface area contributed by atoms with Crippen molar-refractivity contribution >= 4 is 5.91 Å². The molecule has 0 radical (unpaired) electrons. The molecule has 5 nitrogen and oxygen atoms in total. The first-order chi connectivity index (χ1) is 18.5. The maximum atomic E-state index is 14.0. The number of carbonyl (C=O) groups excluding carboxylic acids is 1. The van der Waals surface area contributed by atoms with E-state index in [0.29, 0.717) is 5.56 Å². The molecule has 4 rings (SSSR count).